The zero-order chi connectivity index (χ0) is 47.9. The zero-order valence-corrected chi connectivity index (χ0v) is 44.0. The minimum atomic E-state index is -0.784. The van der Waals surface area contributed by atoms with Gasteiger partial charge in [-0.15, -0.1) is 0 Å². The summed E-state index contributed by atoms with van der Waals surface area (Å²) >= 11 is 0. The molecule has 0 aliphatic heterocycles. The van der Waals surface area contributed by atoms with Gasteiger partial charge in [0.25, 0.3) is 0 Å². The molecule has 0 unspecified atom stereocenters. The van der Waals surface area contributed by atoms with E-state index in [1.54, 1.807) is 0 Å². The van der Waals surface area contributed by atoms with Crippen molar-refractivity contribution in [3.05, 3.63) is 48.6 Å². The van der Waals surface area contributed by atoms with Gasteiger partial charge in [-0.3, -0.25) is 14.4 Å². The Morgan fingerprint density at radius 3 is 0.894 bits per heavy atom. The largest absolute Gasteiger partial charge is 0.462 e. The molecule has 0 bridgehead atoms. The molecule has 0 aliphatic rings. The lowest BCUT2D eigenvalue weighted by molar-refractivity contribution is -0.167. The van der Waals surface area contributed by atoms with Gasteiger partial charge in [-0.2, -0.15) is 0 Å². The second-order valence-electron chi connectivity index (χ2n) is 19.2. The van der Waals surface area contributed by atoms with Crippen molar-refractivity contribution in [1.29, 1.82) is 0 Å². The molecule has 0 aromatic rings. The van der Waals surface area contributed by atoms with Crippen molar-refractivity contribution < 1.29 is 28.6 Å². The summed E-state index contributed by atoms with van der Waals surface area (Å²) in [6, 6.07) is 0. The molecule has 66 heavy (non-hydrogen) atoms. The van der Waals surface area contributed by atoms with Gasteiger partial charge in [-0.05, 0) is 96.3 Å². The van der Waals surface area contributed by atoms with Crippen LogP contribution < -0.4 is 0 Å². The Balaban J connectivity index is 4.37. The molecule has 0 N–H and O–H groups in total. The van der Waals surface area contributed by atoms with Crippen molar-refractivity contribution in [2.75, 3.05) is 13.2 Å². The molecule has 384 valence electrons. The molecular weight excluding hydrogens is 817 g/mol. The van der Waals surface area contributed by atoms with Crippen LogP contribution in [0.1, 0.15) is 297 Å². The molecule has 0 fully saturated rings. The van der Waals surface area contributed by atoms with E-state index in [-0.39, 0.29) is 31.1 Å². The lowest BCUT2D eigenvalue weighted by atomic mass is 10.1. The minimum Gasteiger partial charge on any atom is -0.462 e. The van der Waals surface area contributed by atoms with Crippen LogP contribution in [0.25, 0.3) is 0 Å². The molecule has 0 rings (SSSR count). The molecule has 0 saturated carbocycles. The second kappa shape index (κ2) is 55.0. The standard InChI is InChI=1S/C60H108O6/c1-4-7-10-13-16-19-22-25-28-29-30-31-33-35-38-41-44-47-50-53-59(62)65-56-57(55-64-58(61)52-49-46-43-40-37-34-27-24-21-18-15-12-9-6-3)66-60(63)54-51-48-45-42-39-36-32-26-23-20-17-14-11-8-5-2/h15,18,24,26-27,29-30,32,57H,4-14,16-17,19-23,25,28,31,33-56H2,1-3H3/b18-15-,27-24-,30-29-,32-26-/t57-/m1/s1. The quantitative estimate of drug-likeness (QED) is 0.0262. The van der Waals surface area contributed by atoms with E-state index in [0.717, 1.165) is 89.9 Å². The summed E-state index contributed by atoms with van der Waals surface area (Å²) in [6.07, 6.45) is 66.7. The molecule has 0 amide bonds. The van der Waals surface area contributed by atoms with Gasteiger partial charge in [-0.1, -0.05) is 230 Å². The highest BCUT2D eigenvalue weighted by molar-refractivity contribution is 5.71. The number of rotatable bonds is 52. The molecule has 1 atom stereocenters. The molecular formula is C60H108O6. The maximum Gasteiger partial charge on any atom is 0.306 e. The average molecular weight is 926 g/mol. The number of hydrogen-bond acceptors (Lipinski definition) is 6. The smallest absolute Gasteiger partial charge is 0.306 e. The number of carbonyl (C=O) groups is 3. The molecule has 0 spiro atoms. The van der Waals surface area contributed by atoms with Gasteiger partial charge in [0.05, 0.1) is 0 Å². The Kier molecular flexibility index (Phi) is 52.8. The first kappa shape index (κ1) is 63.4. The van der Waals surface area contributed by atoms with E-state index >= 15 is 0 Å². The van der Waals surface area contributed by atoms with Crippen LogP contribution in [0.3, 0.4) is 0 Å². The monoisotopic (exact) mass is 925 g/mol. The first-order valence-electron chi connectivity index (χ1n) is 28.6. The Bertz CT molecular complexity index is 1150. The lowest BCUT2D eigenvalue weighted by Crippen LogP contribution is -2.30. The Morgan fingerprint density at radius 1 is 0.303 bits per heavy atom. The third-order valence-corrected chi connectivity index (χ3v) is 12.5. The van der Waals surface area contributed by atoms with Crippen LogP contribution in [0.2, 0.25) is 0 Å². The van der Waals surface area contributed by atoms with Crippen molar-refractivity contribution in [1.82, 2.24) is 0 Å². The number of hydrogen-bond donors (Lipinski definition) is 0. The fraction of sp³-hybridized carbons (Fsp3) is 0.817. The SMILES string of the molecule is CCCC/C=C\C/C=C\CCCCCCCC(=O)OC[C@H](COC(=O)CCCCCCCCC/C=C\CCCCCCCCCC)OC(=O)CCCCCCC/C=C\CCCCCCCC. The summed E-state index contributed by atoms with van der Waals surface area (Å²) in [6.45, 7) is 6.60. The van der Waals surface area contributed by atoms with Crippen LogP contribution in [0.15, 0.2) is 48.6 Å². The summed E-state index contributed by atoms with van der Waals surface area (Å²) in [5.74, 6) is -0.897. The number of carbonyl (C=O) groups excluding carboxylic acids is 3. The molecule has 0 radical (unpaired) electrons. The normalized spacial score (nSPS) is 12.3. The van der Waals surface area contributed by atoms with Crippen LogP contribution in [0.5, 0.6) is 0 Å². The lowest BCUT2D eigenvalue weighted by Gasteiger charge is -2.18. The van der Waals surface area contributed by atoms with Crippen LogP contribution in [0.4, 0.5) is 0 Å². The van der Waals surface area contributed by atoms with Crippen LogP contribution in [-0.4, -0.2) is 37.2 Å². The Morgan fingerprint density at radius 2 is 0.561 bits per heavy atom. The number of esters is 3. The van der Waals surface area contributed by atoms with Crippen molar-refractivity contribution in [2.45, 2.75) is 303 Å². The van der Waals surface area contributed by atoms with Crippen molar-refractivity contribution in [2.24, 2.45) is 0 Å². The van der Waals surface area contributed by atoms with Gasteiger partial charge < -0.3 is 14.2 Å². The van der Waals surface area contributed by atoms with E-state index < -0.39 is 6.10 Å². The van der Waals surface area contributed by atoms with Crippen LogP contribution in [-0.2, 0) is 28.6 Å². The van der Waals surface area contributed by atoms with Crippen molar-refractivity contribution in [3.63, 3.8) is 0 Å². The molecule has 0 aromatic carbocycles. The highest BCUT2D eigenvalue weighted by Crippen LogP contribution is 2.15. The summed E-state index contributed by atoms with van der Waals surface area (Å²) < 4.78 is 16.8. The third kappa shape index (κ3) is 52.3. The van der Waals surface area contributed by atoms with Gasteiger partial charge in [0.1, 0.15) is 13.2 Å². The van der Waals surface area contributed by atoms with Gasteiger partial charge in [-0.25, -0.2) is 0 Å². The first-order chi connectivity index (χ1) is 32.5. The molecule has 0 heterocycles. The van der Waals surface area contributed by atoms with Crippen LogP contribution >= 0.6 is 0 Å². The molecule has 6 heteroatoms. The van der Waals surface area contributed by atoms with Crippen LogP contribution in [0, 0.1) is 0 Å². The van der Waals surface area contributed by atoms with Gasteiger partial charge in [0, 0.05) is 19.3 Å². The van der Waals surface area contributed by atoms with E-state index in [4.69, 9.17) is 14.2 Å². The summed E-state index contributed by atoms with van der Waals surface area (Å²) in [5.41, 5.74) is 0. The molecule has 0 aromatic heterocycles. The van der Waals surface area contributed by atoms with Crippen molar-refractivity contribution >= 4 is 17.9 Å². The third-order valence-electron chi connectivity index (χ3n) is 12.5. The highest BCUT2D eigenvalue weighted by Gasteiger charge is 2.19. The Labute approximate surface area is 409 Å². The minimum absolute atomic E-state index is 0.0820. The van der Waals surface area contributed by atoms with Crippen molar-refractivity contribution in [3.8, 4) is 0 Å². The zero-order valence-electron chi connectivity index (χ0n) is 44.0. The molecule has 0 aliphatic carbocycles. The summed E-state index contributed by atoms with van der Waals surface area (Å²) in [4.78, 5) is 38.1. The Hall–Kier alpha value is -2.63. The predicted octanol–water partition coefficient (Wildman–Crippen LogP) is 19.0. The van der Waals surface area contributed by atoms with E-state index in [1.165, 1.54) is 167 Å². The average Bonchev–Trinajstić information content (AvgIpc) is 3.31. The van der Waals surface area contributed by atoms with Gasteiger partial charge in [0.2, 0.25) is 0 Å². The summed E-state index contributed by atoms with van der Waals surface area (Å²) in [5, 5.41) is 0. The second-order valence-corrected chi connectivity index (χ2v) is 19.2. The number of allylic oxidation sites excluding steroid dienone is 8. The fourth-order valence-corrected chi connectivity index (χ4v) is 8.15. The highest BCUT2D eigenvalue weighted by atomic mass is 16.6. The molecule has 0 saturated heterocycles. The number of unbranched alkanes of at least 4 members (excludes halogenated alkanes) is 33. The summed E-state index contributed by atoms with van der Waals surface area (Å²) in [7, 11) is 0. The number of ether oxygens (including phenoxy) is 3. The van der Waals surface area contributed by atoms with E-state index in [2.05, 4.69) is 69.4 Å². The van der Waals surface area contributed by atoms with E-state index in [1.807, 2.05) is 0 Å². The fourth-order valence-electron chi connectivity index (χ4n) is 8.15. The van der Waals surface area contributed by atoms with Gasteiger partial charge >= 0.3 is 17.9 Å². The maximum absolute atomic E-state index is 12.8. The maximum atomic E-state index is 12.8. The first-order valence-corrected chi connectivity index (χ1v) is 28.6. The predicted molar refractivity (Wildman–Crippen MR) is 284 cm³/mol. The van der Waals surface area contributed by atoms with E-state index in [9.17, 15) is 14.4 Å². The van der Waals surface area contributed by atoms with E-state index in [0.29, 0.717) is 19.3 Å². The topological polar surface area (TPSA) is 78.9 Å². The van der Waals surface area contributed by atoms with Gasteiger partial charge in [0.15, 0.2) is 6.10 Å². The molecule has 6 nitrogen and oxygen atoms in total.